The zero-order valence-electron chi connectivity index (χ0n) is 25.5. The average Bonchev–Trinajstić information content (AvgIpc) is 3.60. The van der Waals surface area contributed by atoms with Crippen molar-refractivity contribution in [3.05, 3.63) is 65.0 Å². The average molecular weight is 641 g/mol. The Bertz CT molecular complexity index is 1930. The minimum absolute atomic E-state index is 0.00101. The van der Waals surface area contributed by atoms with Crippen molar-refractivity contribution in [1.82, 2.24) is 45.9 Å². The van der Waals surface area contributed by atoms with Crippen LogP contribution in [0.2, 0.25) is 0 Å². The number of nitrogens with one attached hydrogen (secondary N) is 3. The number of benzene rings is 2. The predicted octanol–water partition coefficient (Wildman–Crippen LogP) is 2.32. The van der Waals surface area contributed by atoms with Crippen LogP contribution in [0.3, 0.4) is 0 Å². The molecule has 0 fully saturated rings. The molecule has 242 valence electrons. The highest BCUT2D eigenvalue weighted by Crippen LogP contribution is 2.27. The quantitative estimate of drug-likeness (QED) is 0.0751. The summed E-state index contributed by atoms with van der Waals surface area (Å²) in [7, 11) is 1.45. The Morgan fingerprint density at radius 3 is 2.64 bits per heavy atom. The van der Waals surface area contributed by atoms with E-state index in [-0.39, 0.29) is 48.1 Å². The number of hydrogen-bond acceptors (Lipinski definition) is 14. The number of nitrogens with zero attached hydrogens (tertiary/aromatic N) is 7. The summed E-state index contributed by atoms with van der Waals surface area (Å²) in [6, 6.07) is 8.88. The summed E-state index contributed by atoms with van der Waals surface area (Å²) < 4.78 is 5.46. The van der Waals surface area contributed by atoms with Crippen molar-refractivity contribution in [2.24, 2.45) is 0 Å². The second-order valence-corrected chi connectivity index (χ2v) is 10.6. The van der Waals surface area contributed by atoms with E-state index in [1.165, 1.54) is 19.4 Å². The largest absolute Gasteiger partial charge is 0.495 e. The number of hydrogen-bond donors (Lipinski definition) is 6. The topological polar surface area (TPSA) is 263 Å². The van der Waals surface area contributed by atoms with Gasteiger partial charge in [-0.2, -0.15) is 15.2 Å². The van der Waals surface area contributed by atoms with Crippen LogP contribution in [-0.4, -0.2) is 76.5 Å². The van der Waals surface area contributed by atoms with E-state index in [1.807, 2.05) is 19.1 Å². The van der Waals surface area contributed by atoms with Crippen LogP contribution in [0, 0.1) is 6.92 Å². The molecular weight excluding hydrogens is 608 g/mol. The third kappa shape index (κ3) is 7.70. The molecule has 5 aromatic rings. The third-order valence-corrected chi connectivity index (χ3v) is 7.24. The maximum Gasteiger partial charge on any atom is 0.326 e. The first-order valence-corrected chi connectivity index (χ1v) is 14.5. The fourth-order valence-electron chi connectivity index (χ4n) is 4.86. The molecule has 1 atom stereocenters. The smallest absolute Gasteiger partial charge is 0.326 e. The molecule has 2 aromatic carbocycles. The SMILES string of the molecule is COc1cc(C(=O)N[C@@H](CCCCC(=O)c2ccc(C)cc2-c2nn[nH]n2)C(=O)O)ccc1NCc1cnc2nc(N)nc(N)c2n1. The summed E-state index contributed by atoms with van der Waals surface area (Å²) in [6.45, 7) is 2.13. The molecule has 0 bridgehead atoms. The molecular formula is C30H32N12O5. The van der Waals surface area contributed by atoms with Crippen molar-refractivity contribution in [2.45, 2.75) is 45.2 Å². The number of rotatable bonds is 14. The fourth-order valence-corrected chi connectivity index (χ4v) is 4.86. The number of nitrogen functional groups attached to an aromatic ring is 2. The van der Waals surface area contributed by atoms with Crippen molar-refractivity contribution in [3.63, 3.8) is 0 Å². The molecule has 5 rings (SSSR count). The van der Waals surface area contributed by atoms with Gasteiger partial charge in [-0.1, -0.05) is 24.1 Å². The highest BCUT2D eigenvalue weighted by atomic mass is 16.5. The molecule has 0 aliphatic heterocycles. The first-order valence-electron chi connectivity index (χ1n) is 14.5. The molecule has 17 nitrogen and oxygen atoms in total. The predicted molar refractivity (Wildman–Crippen MR) is 170 cm³/mol. The van der Waals surface area contributed by atoms with Gasteiger partial charge in [-0.3, -0.25) is 9.59 Å². The number of ketones is 1. The Hall–Kier alpha value is -6.26. The minimum atomic E-state index is -1.18. The van der Waals surface area contributed by atoms with Gasteiger partial charge in [-0.05, 0) is 49.2 Å². The molecule has 8 N–H and O–H groups in total. The second kappa shape index (κ2) is 14.2. The van der Waals surface area contributed by atoms with Crippen molar-refractivity contribution in [2.75, 3.05) is 23.9 Å². The normalized spacial score (nSPS) is 11.6. The van der Waals surface area contributed by atoms with E-state index in [1.54, 1.807) is 18.2 Å². The molecule has 0 saturated heterocycles. The van der Waals surface area contributed by atoms with Gasteiger partial charge in [0, 0.05) is 23.1 Å². The standard InChI is InChI=1S/C30H32N12O5/c1-15-7-9-18(19(11-15)26-39-41-42-40-26)22(43)6-4-3-5-21(29(45)46)36-28(44)16-8-10-20(23(12-16)47-2)33-13-17-14-34-27-24(35-17)25(31)37-30(32)38-27/h7-12,14,21,33H,3-6,13H2,1-2H3,(H,36,44)(H,45,46)(H,39,40,41,42)(H4,31,32,34,37,38)/t21-/m0/s1. The van der Waals surface area contributed by atoms with Crippen LogP contribution in [0.15, 0.2) is 42.6 Å². The number of carbonyl (C=O) groups excluding carboxylic acids is 2. The lowest BCUT2D eigenvalue weighted by molar-refractivity contribution is -0.139. The first kappa shape index (κ1) is 32.1. The van der Waals surface area contributed by atoms with Gasteiger partial charge in [0.25, 0.3) is 5.91 Å². The Kier molecular flexibility index (Phi) is 9.73. The zero-order chi connectivity index (χ0) is 33.5. The highest BCUT2D eigenvalue weighted by molar-refractivity contribution is 6.01. The van der Waals surface area contributed by atoms with Crippen LogP contribution < -0.4 is 26.8 Å². The van der Waals surface area contributed by atoms with Gasteiger partial charge in [0.2, 0.25) is 11.8 Å². The van der Waals surface area contributed by atoms with Gasteiger partial charge in [0.05, 0.1) is 31.2 Å². The number of tetrazole rings is 1. The van der Waals surface area contributed by atoms with Crippen molar-refractivity contribution in [3.8, 4) is 17.1 Å². The van der Waals surface area contributed by atoms with Crippen LogP contribution in [-0.2, 0) is 11.3 Å². The molecule has 0 aliphatic carbocycles. The van der Waals surface area contributed by atoms with Crippen molar-refractivity contribution < 1.29 is 24.2 Å². The number of fused-ring (bicyclic) bond motifs is 1. The molecule has 0 aliphatic rings. The number of nitrogens with two attached hydrogens (primary N) is 2. The maximum absolute atomic E-state index is 13.0. The van der Waals surface area contributed by atoms with Crippen LogP contribution in [0.1, 0.15) is 57.7 Å². The van der Waals surface area contributed by atoms with E-state index in [0.29, 0.717) is 52.4 Å². The van der Waals surface area contributed by atoms with Crippen molar-refractivity contribution >= 4 is 46.3 Å². The van der Waals surface area contributed by atoms with E-state index >= 15 is 0 Å². The number of aryl methyl sites for hydroxylation is 1. The monoisotopic (exact) mass is 640 g/mol. The number of carbonyl (C=O) groups is 3. The molecule has 1 amide bonds. The minimum Gasteiger partial charge on any atom is -0.495 e. The molecule has 3 heterocycles. The van der Waals surface area contributed by atoms with Crippen LogP contribution in [0.5, 0.6) is 5.75 Å². The number of unbranched alkanes of at least 4 members (excludes halogenated alkanes) is 1. The summed E-state index contributed by atoms with van der Waals surface area (Å²) in [5.74, 6) is -1.11. The number of carboxylic acid groups (broad SMARTS) is 1. The lowest BCUT2D eigenvalue weighted by Gasteiger charge is -2.16. The highest BCUT2D eigenvalue weighted by Gasteiger charge is 2.22. The molecule has 3 aromatic heterocycles. The maximum atomic E-state index is 13.0. The number of aromatic nitrogens is 8. The Morgan fingerprint density at radius 2 is 1.89 bits per heavy atom. The van der Waals surface area contributed by atoms with E-state index in [4.69, 9.17) is 16.2 Å². The number of aliphatic carboxylic acids is 1. The lowest BCUT2D eigenvalue weighted by Crippen LogP contribution is -2.40. The van der Waals surface area contributed by atoms with Crippen LogP contribution >= 0.6 is 0 Å². The van der Waals surface area contributed by atoms with Gasteiger partial charge in [0.1, 0.15) is 11.8 Å². The molecule has 0 radical (unpaired) electrons. The number of Topliss-reactive ketones (excluding diaryl/α,β-unsaturated/α-hetero) is 1. The summed E-state index contributed by atoms with van der Waals surface area (Å²) in [4.78, 5) is 54.6. The van der Waals surface area contributed by atoms with Gasteiger partial charge < -0.3 is 31.9 Å². The number of H-pyrrole nitrogens is 1. The summed E-state index contributed by atoms with van der Waals surface area (Å²) >= 11 is 0. The number of amides is 1. The van der Waals surface area contributed by atoms with E-state index in [0.717, 1.165) is 5.56 Å². The van der Waals surface area contributed by atoms with Crippen LogP contribution in [0.25, 0.3) is 22.6 Å². The van der Waals surface area contributed by atoms with E-state index in [2.05, 4.69) is 51.2 Å². The van der Waals surface area contributed by atoms with E-state index in [9.17, 15) is 19.5 Å². The third-order valence-electron chi connectivity index (χ3n) is 7.24. The van der Waals surface area contributed by atoms with Gasteiger partial charge in [-0.15, -0.1) is 10.2 Å². The summed E-state index contributed by atoms with van der Waals surface area (Å²) in [5.41, 5.74) is 15.4. The number of ether oxygens (including phenoxy) is 1. The zero-order valence-corrected chi connectivity index (χ0v) is 25.5. The van der Waals surface area contributed by atoms with E-state index < -0.39 is 17.9 Å². The summed E-state index contributed by atoms with van der Waals surface area (Å²) in [6.07, 6.45) is 2.64. The molecule has 17 heteroatoms. The van der Waals surface area contributed by atoms with Gasteiger partial charge in [-0.25, -0.2) is 14.8 Å². The van der Waals surface area contributed by atoms with Crippen molar-refractivity contribution in [1.29, 1.82) is 0 Å². The Balaban J connectivity index is 1.16. The molecule has 0 spiro atoms. The van der Waals surface area contributed by atoms with Gasteiger partial charge >= 0.3 is 5.97 Å². The fraction of sp³-hybridized carbons (Fsp3) is 0.267. The number of carboxylic acids is 1. The molecule has 47 heavy (non-hydrogen) atoms. The number of aromatic amines is 1. The molecule has 0 saturated carbocycles. The molecule has 0 unspecified atom stereocenters. The second-order valence-electron chi connectivity index (χ2n) is 10.6. The van der Waals surface area contributed by atoms with Gasteiger partial charge in [0.15, 0.2) is 22.8 Å². The Labute approximate surface area is 267 Å². The number of anilines is 3. The van der Waals surface area contributed by atoms with Crippen LogP contribution in [0.4, 0.5) is 17.5 Å². The number of methoxy groups -OCH3 is 1. The first-order chi connectivity index (χ1) is 22.6. The lowest BCUT2D eigenvalue weighted by atomic mass is 9.97. The Morgan fingerprint density at radius 1 is 1.06 bits per heavy atom. The summed E-state index contributed by atoms with van der Waals surface area (Å²) in [5, 5.41) is 29.4.